The Morgan fingerprint density at radius 2 is 2.00 bits per heavy atom. The average molecular weight is 334 g/mol. The van der Waals surface area contributed by atoms with Crippen LogP contribution < -0.4 is 5.32 Å². The smallest absolute Gasteiger partial charge is 0.240 e. The molecule has 1 heterocycles. The minimum Gasteiger partial charge on any atom is -0.325 e. The van der Waals surface area contributed by atoms with Crippen molar-refractivity contribution >= 4 is 23.4 Å². The molecule has 23 heavy (non-hydrogen) atoms. The van der Waals surface area contributed by atoms with Crippen molar-refractivity contribution in [2.45, 2.75) is 30.6 Å². The van der Waals surface area contributed by atoms with E-state index in [1.807, 2.05) is 18.4 Å². The van der Waals surface area contributed by atoms with Crippen molar-refractivity contribution in [1.82, 2.24) is 9.80 Å². The SMILES string of the molecule is CSC1(C(=O)Nc2cccc(CN3CCN(C)CC3)c2)CCC1. The number of anilines is 1. The van der Waals surface area contributed by atoms with Crippen LogP contribution in [-0.2, 0) is 11.3 Å². The molecule has 1 aromatic carbocycles. The molecule has 0 aromatic heterocycles. The predicted molar refractivity (Wildman–Crippen MR) is 97.9 cm³/mol. The highest BCUT2D eigenvalue weighted by Gasteiger charge is 2.43. The molecule has 5 heteroatoms. The third-order valence-electron chi connectivity index (χ3n) is 5.15. The molecular formula is C18H27N3OS. The van der Waals surface area contributed by atoms with E-state index in [1.54, 1.807) is 11.8 Å². The third-order valence-corrected chi connectivity index (χ3v) is 6.53. The van der Waals surface area contributed by atoms with Crippen LogP contribution in [0.1, 0.15) is 24.8 Å². The molecule has 0 unspecified atom stereocenters. The lowest BCUT2D eigenvalue weighted by Gasteiger charge is -2.38. The fraction of sp³-hybridized carbons (Fsp3) is 0.611. The number of hydrogen-bond acceptors (Lipinski definition) is 4. The molecule has 2 aliphatic rings. The minimum atomic E-state index is -0.187. The van der Waals surface area contributed by atoms with Crippen molar-refractivity contribution in [2.75, 3.05) is 44.8 Å². The highest BCUT2D eigenvalue weighted by atomic mass is 32.2. The summed E-state index contributed by atoms with van der Waals surface area (Å²) >= 11 is 1.69. The van der Waals surface area contributed by atoms with E-state index in [1.165, 1.54) is 5.56 Å². The van der Waals surface area contributed by atoms with Crippen molar-refractivity contribution in [3.05, 3.63) is 29.8 Å². The lowest BCUT2D eigenvalue weighted by atomic mass is 9.83. The number of amides is 1. The molecule has 1 aromatic rings. The van der Waals surface area contributed by atoms with Crippen LogP contribution in [0, 0.1) is 0 Å². The van der Waals surface area contributed by atoms with Gasteiger partial charge < -0.3 is 10.2 Å². The Kier molecular flexibility index (Phi) is 5.29. The topological polar surface area (TPSA) is 35.6 Å². The van der Waals surface area contributed by atoms with Crippen LogP contribution in [0.25, 0.3) is 0 Å². The van der Waals surface area contributed by atoms with E-state index in [2.05, 4.69) is 34.3 Å². The molecule has 4 nitrogen and oxygen atoms in total. The third kappa shape index (κ3) is 3.90. The zero-order chi connectivity index (χ0) is 16.3. The van der Waals surface area contributed by atoms with Gasteiger partial charge in [0.25, 0.3) is 0 Å². The first kappa shape index (κ1) is 16.8. The Labute approximate surface area is 143 Å². The predicted octanol–water partition coefficient (Wildman–Crippen LogP) is 2.66. The Hall–Kier alpha value is -1.04. The van der Waals surface area contributed by atoms with Gasteiger partial charge in [-0.1, -0.05) is 12.1 Å². The summed E-state index contributed by atoms with van der Waals surface area (Å²) in [6.07, 6.45) is 5.21. The lowest BCUT2D eigenvalue weighted by Crippen LogP contribution is -2.45. The summed E-state index contributed by atoms with van der Waals surface area (Å²) in [4.78, 5) is 17.4. The van der Waals surface area contributed by atoms with Gasteiger partial charge in [0.15, 0.2) is 0 Å². The second-order valence-corrected chi connectivity index (χ2v) is 7.98. The number of nitrogens with one attached hydrogen (secondary N) is 1. The van der Waals surface area contributed by atoms with Crippen LogP contribution >= 0.6 is 11.8 Å². The summed E-state index contributed by atoms with van der Waals surface area (Å²) in [6.45, 7) is 5.45. The van der Waals surface area contributed by atoms with E-state index < -0.39 is 0 Å². The first-order valence-electron chi connectivity index (χ1n) is 8.48. The van der Waals surface area contributed by atoms with Crippen molar-refractivity contribution < 1.29 is 4.79 Å². The summed E-state index contributed by atoms with van der Waals surface area (Å²) in [5.41, 5.74) is 2.21. The number of rotatable bonds is 5. The minimum absolute atomic E-state index is 0.174. The summed E-state index contributed by atoms with van der Waals surface area (Å²) in [7, 11) is 2.18. The maximum Gasteiger partial charge on any atom is 0.240 e. The molecule has 0 radical (unpaired) electrons. The van der Waals surface area contributed by atoms with Crippen LogP contribution in [0.2, 0.25) is 0 Å². The molecule has 1 aliphatic carbocycles. The van der Waals surface area contributed by atoms with Gasteiger partial charge in [-0.25, -0.2) is 0 Å². The molecule has 0 bridgehead atoms. The van der Waals surface area contributed by atoms with Crippen LogP contribution in [-0.4, -0.2) is 59.9 Å². The first-order valence-corrected chi connectivity index (χ1v) is 9.70. The van der Waals surface area contributed by atoms with Crippen molar-refractivity contribution in [3.8, 4) is 0 Å². The Morgan fingerprint density at radius 1 is 1.26 bits per heavy atom. The molecule has 126 valence electrons. The number of carbonyl (C=O) groups excluding carboxylic acids is 1. The fourth-order valence-corrected chi connectivity index (χ4v) is 4.21. The van der Waals surface area contributed by atoms with Gasteiger partial charge in [-0.2, -0.15) is 0 Å². The van der Waals surface area contributed by atoms with Crippen molar-refractivity contribution in [1.29, 1.82) is 0 Å². The second kappa shape index (κ2) is 7.24. The van der Waals surface area contributed by atoms with Gasteiger partial charge >= 0.3 is 0 Å². The number of carbonyl (C=O) groups is 1. The second-order valence-electron chi connectivity index (χ2n) is 6.79. The van der Waals surface area contributed by atoms with Crippen LogP contribution in [0.15, 0.2) is 24.3 Å². The molecule has 0 atom stereocenters. The molecule has 2 fully saturated rings. The quantitative estimate of drug-likeness (QED) is 0.899. The number of benzene rings is 1. The lowest BCUT2D eigenvalue weighted by molar-refractivity contribution is -0.120. The van der Waals surface area contributed by atoms with Gasteiger partial charge in [-0.3, -0.25) is 9.69 Å². The van der Waals surface area contributed by atoms with Crippen LogP contribution in [0.3, 0.4) is 0 Å². The molecular weight excluding hydrogens is 306 g/mol. The van der Waals surface area contributed by atoms with Gasteiger partial charge in [-0.15, -0.1) is 11.8 Å². The van der Waals surface area contributed by atoms with E-state index in [-0.39, 0.29) is 10.7 Å². The first-order chi connectivity index (χ1) is 11.1. The maximum atomic E-state index is 12.5. The summed E-state index contributed by atoms with van der Waals surface area (Å²) < 4.78 is -0.187. The molecule has 0 spiro atoms. The number of nitrogens with zero attached hydrogens (tertiary/aromatic N) is 2. The van der Waals surface area contributed by atoms with Gasteiger partial charge in [0, 0.05) is 38.4 Å². The largest absolute Gasteiger partial charge is 0.325 e. The van der Waals surface area contributed by atoms with Gasteiger partial charge in [0.1, 0.15) is 0 Å². The normalized spacial score (nSPS) is 21.7. The van der Waals surface area contributed by atoms with Crippen molar-refractivity contribution in [2.24, 2.45) is 0 Å². The summed E-state index contributed by atoms with van der Waals surface area (Å²) in [5.74, 6) is 0.174. The number of thioether (sulfide) groups is 1. The monoisotopic (exact) mass is 333 g/mol. The average Bonchev–Trinajstić information content (AvgIpc) is 2.49. The highest BCUT2D eigenvalue weighted by Crippen LogP contribution is 2.43. The molecule has 1 aliphatic heterocycles. The fourth-order valence-electron chi connectivity index (χ4n) is 3.28. The van der Waals surface area contributed by atoms with Gasteiger partial charge in [-0.05, 0) is 50.3 Å². The van der Waals surface area contributed by atoms with E-state index >= 15 is 0 Å². The Morgan fingerprint density at radius 3 is 2.61 bits per heavy atom. The van der Waals surface area contributed by atoms with Crippen molar-refractivity contribution in [3.63, 3.8) is 0 Å². The molecule has 1 saturated carbocycles. The van der Waals surface area contributed by atoms with E-state index in [9.17, 15) is 4.79 Å². The summed E-state index contributed by atoms with van der Waals surface area (Å²) in [5, 5.41) is 3.13. The van der Waals surface area contributed by atoms with Gasteiger partial charge in [0.2, 0.25) is 5.91 Å². The molecule has 1 amide bonds. The molecule has 1 saturated heterocycles. The number of likely N-dealkylation sites (N-methyl/N-ethyl adjacent to an activating group) is 1. The zero-order valence-corrected chi connectivity index (χ0v) is 15.0. The van der Waals surface area contributed by atoms with Crippen LogP contribution in [0.5, 0.6) is 0 Å². The molecule has 3 rings (SSSR count). The number of hydrogen-bond donors (Lipinski definition) is 1. The molecule has 1 N–H and O–H groups in total. The van der Waals surface area contributed by atoms with E-state index in [0.717, 1.165) is 57.7 Å². The van der Waals surface area contributed by atoms with E-state index in [0.29, 0.717) is 0 Å². The zero-order valence-electron chi connectivity index (χ0n) is 14.2. The highest BCUT2D eigenvalue weighted by molar-refractivity contribution is 8.00. The van der Waals surface area contributed by atoms with E-state index in [4.69, 9.17) is 0 Å². The summed E-state index contributed by atoms with van der Waals surface area (Å²) in [6, 6.07) is 8.33. The Bertz CT molecular complexity index is 545. The standard InChI is InChI=1S/C18H27N3OS/c1-20-9-11-21(12-10-20)14-15-5-3-6-16(13-15)19-17(22)18(23-2)7-4-8-18/h3,5-6,13H,4,7-12,14H2,1-2H3,(H,19,22). The maximum absolute atomic E-state index is 12.5. The van der Waals surface area contributed by atoms with Crippen LogP contribution in [0.4, 0.5) is 5.69 Å². The Balaban J connectivity index is 1.60. The van der Waals surface area contributed by atoms with Gasteiger partial charge in [0.05, 0.1) is 4.75 Å². The number of piperazine rings is 1.